The van der Waals surface area contributed by atoms with Crippen molar-refractivity contribution in [2.24, 2.45) is 0 Å². The van der Waals surface area contributed by atoms with Gasteiger partial charge in [-0.1, -0.05) is 23.8 Å². The topological polar surface area (TPSA) is 44.4 Å². The van der Waals surface area contributed by atoms with E-state index in [1.165, 1.54) is 16.7 Å². The molecule has 1 aromatic carbocycles. The number of piperazine rings is 1. The van der Waals surface area contributed by atoms with E-state index in [9.17, 15) is 4.79 Å². The summed E-state index contributed by atoms with van der Waals surface area (Å²) in [6.07, 6.45) is 0. The number of amides is 1. The van der Waals surface area contributed by atoms with Gasteiger partial charge in [-0.2, -0.15) is 0 Å². The Labute approximate surface area is 115 Å². The SMILES string of the molecule is Cc1ccc(C)c(CNC(=O)C2CN(C)CCN2)c1. The van der Waals surface area contributed by atoms with E-state index in [2.05, 4.69) is 47.6 Å². The molecule has 0 bridgehead atoms. The lowest BCUT2D eigenvalue weighted by Gasteiger charge is -2.30. The zero-order valence-corrected chi connectivity index (χ0v) is 12.0. The first-order chi connectivity index (χ1) is 9.06. The first-order valence-electron chi connectivity index (χ1n) is 6.82. The summed E-state index contributed by atoms with van der Waals surface area (Å²) < 4.78 is 0. The molecule has 0 radical (unpaired) electrons. The smallest absolute Gasteiger partial charge is 0.238 e. The molecule has 1 amide bonds. The van der Waals surface area contributed by atoms with Crippen LogP contribution in [0.1, 0.15) is 16.7 Å². The van der Waals surface area contributed by atoms with Gasteiger partial charge in [0.2, 0.25) is 5.91 Å². The molecule has 0 saturated carbocycles. The summed E-state index contributed by atoms with van der Waals surface area (Å²) in [6, 6.07) is 6.24. The standard InChI is InChI=1S/C15H23N3O/c1-11-4-5-12(2)13(8-11)9-17-15(19)14-10-18(3)7-6-16-14/h4-5,8,14,16H,6-7,9-10H2,1-3H3,(H,17,19). The molecule has 2 N–H and O–H groups in total. The lowest BCUT2D eigenvalue weighted by atomic mass is 10.1. The molecule has 0 aliphatic carbocycles. The average molecular weight is 261 g/mol. The Balaban J connectivity index is 1.91. The molecule has 4 nitrogen and oxygen atoms in total. The predicted molar refractivity (Wildman–Crippen MR) is 77.1 cm³/mol. The molecule has 4 heteroatoms. The van der Waals surface area contributed by atoms with Crippen LogP contribution in [-0.2, 0) is 11.3 Å². The fourth-order valence-electron chi connectivity index (χ4n) is 2.37. The van der Waals surface area contributed by atoms with Gasteiger partial charge in [0.1, 0.15) is 0 Å². The Morgan fingerprint density at radius 2 is 2.26 bits per heavy atom. The van der Waals surface area contributed by atoms with Crippen molar-refractivity contribution in [3.05, 3.63) is 34.9 Å². The summed E-state index contributed by atoms with van der Waals surface area (Å²) >= 11 is 0. The van der Waals surface area contributed by atoms with E-state index in [-0.39, 0.29) is 11.9 Å². The Bertz CT molecular complexity index is 459. The highest BCUT2D eigenvalue weighted by Gasteiger charge is 2.22. The second kappa shape index (κ2) is 6.17. The molecule has 1 saturated heterocycles. The Hall–Kier alpha value is -1.39. The predicted octanol–water partition coefficient (Wildman–Crippen LogP) is 0.823. The van der Waals surface area contributed by atoms with Crippen LogP contribution in [0, 0.1) is 13.8 Å². The molecule has 2 rings (SSSR count). The second-order valence-corrected chi connectivity index (χ2v) is 5.42. The maximum absolute atomic E-state index is 12.1. The summed E-state index contributed by atoms with van der Waals surface area (Å²) in [5.41, 5.74) is 3.64. The van der Waals surface area contributed by atoms with E-state index >= 15 is 0 Å². The lowest BCUT2D eigenvalue weighted by Crippen LogP contribution is -2.55. The van der Waals surface area contributed by atoms with Crippen LogP contribution >= 0.6 is 0 Å². The number of likely N-dealkylation sites (N-methyl/N-ethyl adjacent to an activating group) is 1. The molecule has 1 aliphatic rings. The number of carbonyl (C=O) groups is 1. The van der Waals surface area contributed by atoms with Crippen LogP contribution in [-0.4, -0.2) is 43.5 Å². The molecular weight excluding hydrogens is 238 g/mol. The first kappa shape index (κ1) is 14.0. The quantitative estimate of drug-likeness (QED) is 0.847. The van der Waals surface area contributed by atoms with E-state index in [0.29, 0.717) is 6.54 Å². The maximum atomic E-state index is 12.1. The van der Waals surface area contributed by atoms with Gasteiger partial charge < -0.3 is 15.5 Å². The van der Waals surface area contributed by atoms with Gasteiger partial charge in [0.05, 0.1) is 6.04 Å². The normalized spacial score (nSPS) is 20.3. The molecule has 0 spiro atoms. The third kappa shape index (κ3) is 3.78. The zero-order chi connectivity index (χ0) is 13.8. The summed E-state index contributed by atoms with van der Waals surface area (Å²) in [5.74, 6) is 0.0902. The number of rotatable bonds is 3. The van der Waals surface area contributed by atoms with E-state index in [0.717, 1.165) is 19.6 Å². The second-order valence-electron chi connectivity index (χ2n) is 5.42. The van der Waals surface area contributed by atoms with Gasteiger partial charge in [-0.25, -0.2) is 0 Å². The van der Waals surface area contributed by atoms with E-state index in [4.69, 9.17) is 0 Å². The molecule has 1 heterocycles. The first-order valence-corrected chi connectivity index (χ1v) is 6.82. The molecule has 1 fully saturated rings. The molecular formula is C15H23N3O. The molecule has 1 aromatic rings. The summed E-state index contributed by atoms with van der Waals surface area (Å²) in [7, 11) is 2.05. The molecule has 1 aliphatic heterocycles. The van der Waals surface area contributed by atoms with Crippen LogP contribution in [0.25, 0.3) is 0 Å². The zero-order valence-electron chi connectivity index (χ0n) is 12.0. The molecule has 104 valence electrons. The van der Waals surface area contributed by atoms with Crippen molar-refractivity contribution in [3.8, 4) is 0 Å². The van der Waals surface area contributed by atoms with Crippen molar-refractivity contribution in [2.45, 2.75) is 26.4 Å². The third-order valence-corrected chi connectivity index (χ3v) is 3.65. The fraction of sp³-hybridized carbons (Fsp3) is 0.533. The molecule has 1 atom stereocenters. The minimum atomic E-state index is -0.0936. The fourth-order valence-corrected chi connectivity index (χ4v) is 2.37. The van der Waals surface area contributed by atoms with E-state index in [1.807, 2.05) is 7.05 Å². The number of nitrogens with zero attached hydrogens (tertiary/aromatic N) is 1. The van der Waals surface area contributed by atoms with Crippen LogP contribution < -0.4 is 10.6 Å². The van der Waals surface area contributed by atoms with Gasteiger partial charge in [-0.05, 0) is 32.0 Å². The van der Waals surface area contributed by atoms with Gasteiger partial charge in [-0.15, -0.1) is 0 Å². The lowest BCUT2D eigenvalue weighted by molar-refractivity contribution is -0.124. The van der Waals surface area contributed by atoms with Crippen LogP contribution in [0.3, 0.4) is 0 Å². The van der Waals surface area contributed by atoms with Crippen LogP contribution in [0.4, 0.5) is 0 Å². The number of aryl methyl sites for hydroxylation is 2. The van der Waals surface area contributed by atoms with Crippen molar-refractivity contribution in [2.75, 3.05) is 26.7 Å². The summed E-state index contributed by atoms with van der Waals surface area (Å²) in [4.78, 5) is 14.3. The van der Waals surface area contributed by atoms with E-state index < -0.39 is 0 Å². The van der Waals surface area contributed by atoms with Crippen molar-refractivity contribution in [1.29, 1.82) is 0 Å². The van der Waals surface area contributed by atoms with Gasteiger partial charge in [-0.3, -0.25) is 4.79 Å². The molecule has 1 unspecified atom stereocenters. The monoisotopic (exact) mass is 261 g/mol. The summed E-state index contributed by atoms with van der Waals surface area (Å²) in [6.45, 7) is 7.40. The minimum Gasteiger partial charge on any atom is -0.351 e. The number of hydrogen-bond donors (Lipinski definition) is 2. The van der Waals surface area contributed by atoms with Crippen LogP contribution in [0.2, 0.25) is 0 Å². The number of benzene rings is 1. The van der Waals surface area contributed by atoms with Gasteiger partial charge in [0.15, 0.2) is 0 Å². The minimum absolute atomic E-state index is 0.0902. The molecule has 0 aromatic heterocycles. The van der Waals surface area contributed by atoms with Crippen molar-refractivity contribution in [3.63, 3.8) is 0 Å². The third-order valence-electron chi connectivity index (χ3n) is 3.65. The average Bonchev–Trinajstić information content (AvgIpc) is 2.39. The molecule has 19 heavy (non-hydrogen) atoms. The van der Waals surface area contributed by atoms with Crippen molar-refractivity contribution >= 4 is 5.91 Å². The maximum Gasteiger partial charge on any atom is 0.238 e. The number of hydrogen-bond acceptors (Lipinski definition) is 3. The van der Waals surface area contributed by atoms with Crippen molar-refractivity contribution in [1.82, 2.24) is 15.5 Å². The van der Waals surface area contributed by atoms with E-state index in [1.54, 1.807) is 0 Å². The highest BCUT2D eigenvalue weighted by atomic mass is 16.2. The Kier molecular flexibility index (Phi) is 4.56. The van der Waals surface area contributed by atoms with Gasteiger partial charge in [0.25, 0.3) is 0 Å². The summed E-state index contributed by atoms with van der Waals surface area (Å²) in [5, 5.41) is 6.29. The Morgan fingerprint density at radius 3 is 3.00 bits per heavy atom. The van der Waals surface area contributed by atoms with Gasteiger partial charge >= 0.3 is 0 Å². The highest BCUT2D eigenvalue weighted by molar-refractivity contribution is 5.82. The van der Waals surface area contributed by atoms with Gasteiger partial charge in [0, 0.05) is 26.2 Å². The Morgan fingerprint density at radius 1 is 1.47 bits per heavy atom. The van der Waals surface area contributed by atoms with Crippen LogP contribution in [0.5, 0.6) is 0 Å². The number of nitrogens with one attached hydrogen (secondary N) is 2. The largest absolute Gasteiger partial charge is 0.351 e. The highest BCUT2D eigenvalue weighted by Crippen LogP contribution is 2.10. The van der Waals surface area contributed by atoms with Crippen molar-refractivity contribution < 1.29 is 4.79 Å². The number of carbonyl (C=O) groups excluding carboxylic acids is 1. The van der Waals surface area contributed by atoms with Crippen LogP contribution in [0.15, 0.2) is 18.2 Å².